The first-order valence-electron chi connectivity index (χ1n) is 7.12. The molecule has 1 heterocycles. The highest BCUT2D eigenvalue weighted by molar-refractivity contribution is 5.99. The number of nitrogens with zero attached hydrogens (tertiary/aromatic N) is 2. The van der Waals surface area contributed by atoms with Gasteiger partial charge in [-0.1, -0.05) is 12.1 Å². The average molecular weight is 324 g/mol. The third kappa shape index (κ3) is 3.33. The molecule has 1 aromatic carbocycles. The molecule has 0 saturated carbocycles. The van der Waals surface area contributed by atoms with Gasteiger partial charge in [-0.05, 0) is 43.5 Å². The molecule has 0 fully saturated rings. The molecule has 0 atom stereocenters. The highest BCUT2D eigenvalue weighted by Gasteiger charge is 2.13. The van der Waals surface area contributed by atoms with E-state index in [0.717, 1.165) is 17.3 Å². The molecule has 3 N–H and O–H groups in total. The summed E-state index contributed by atoms with van der Waals surface area (Å²) in [7, 11) is 0. The van der Waals surface area contributed by atoms with Gasteiger partial charge in [0.25, 0.3) is 5.56 Å². The van der Waals surface area contributed by atoms with Gasteiger partial charge in [0.05, 0.1) is 5.56 Å². The van der Waals surface area contributed by atoms with Crippen LogP contribution in [0.1, 0.15) is 27.8 Å². The number of carbonyl (C=O) groups excluding carboxylic acids is 1. The summed E-state index contributed by atoms with van der Waals surface area (Å²) in [5.74, 6) is -0.445. The lowest BCUT2D eigenvalue weighted by atomic mass is 10.1. The van der Waals surface area contributed by atoms with E-state index in [1.807, 2.05) is 26.0 Å². The van der Waals surface area contributed by atoms with Crippen LogP contribution < -0.4 is 10.9 Å². The number of aryl methyl sites for hydroxylation is 1. The van der Waals surface area contributed by atoms with Crippen LogP contribution in [0.3, 0.4) is 0 Å². The van der Waals surface area contributed by atoms with E-state index < -0.39 is 17.5 Å². The molecule has 0 spiro atoms. The molecule has 2 rings (SSSR count). The number of aromatic amines is 1. The molecule has 0 radical (unpaired) electrons. The fourth-order valence-electron chi connectivity index (χ4n) is 2.17. The summed E-state index contributed by atoms with van der Waals surface area (Å²) in [6, 6.07) is 6.63. The van der Waals surface area contributed by atoms with Crippen molar-refractivity contribution in [2.45, 2.75) is 20.8 Å². The first-order chi connectivity index (χ1) is 11.3. The first-order valence-corrected chi connectivity index (χ1v) is 7.12. The van der Waals surface area contributed by atoms with E-state index in [2.05, 4.69) is 15.3 Å². The van der Waals surface area contributed by atoms with Crippen molar-refractivity contribution in [3.63, 3.8) is 0 Å². The Morgan fingerprint density at radius 1 is 1.33 bits per heavy atom. The Morgan fingerprint density at radius 3 is 2.71 bits per heavy atom. The number of hydrogen-bond acceptors (Lipinski definition) is 4. The SMILES string of the molecule is Cc1cccc(NC(=O)/N=C/c2c(O)[nH]c(=O)c(C#N)c2C)c1C. The number of amides is 2. The van der Waals surface area contributed by atoms with Gasteiger partial charge in [0.1, 0.15) is 11.6 Å². The third-order valence-corrected chi connectivity index (χ3v) is 3.76. The highest BCUT2D eigenvalue weighted by atomic mass is 16.3. The van der Waals surface area contributed by atoms with Gasteiger partial charge >= 0.3 is 6.03 Å². The fraction of sp³-hybridized carbons (Fsp3) is 0.176. The summed E-state index contributed by atoms with van der Waals surface area (Å²) in [6.45, 7) is 5.31. The number of hydrogen-bond donors (Lipinski definition) is 3. The molecule has 122 valence electrons. The molecule has 0 saturated heterocycles. The van der Waals surface area contributed by atoms with Crippen molar-refractivity contribution in [3.05, 3.63) is 56.4 Å². The Balaban J connectivity index is 2.29. The number of H-pyrrole nitrogens is 1. The largest absolute Gasteiger partial charge is 0.494 e. The lowest BCUT2D eigenvalue weighted by Crippen LogP contribution is -2.14. The van der Waals surface area contributed by atoms with E-state index in [9.17, 15) is 14.7 Å². The summed E-state index contributed by atoms with van der Waals surface area (Å²) >= 11 is 0. The minimum absolute atomic E-state index is 0.113. The molecular formula is C17H16N4O3. The molecule has 7 nitrogen and oxygen atoms in total. The Bertz CT molecular complexity index is 936. The van der Waals surface area contributed by atoms with Gasteiger partial charge in [0, 0.05) is 11.9 Å². The summed E-state index contributed by atoms with van der Waals surface area (Å²) in [6.07, 6.45) is 1.11. The number of aliphatic imine (C=N–C) groups is 1. The average Bonchev–Trinajstić information content (AvgIpc) is 2.51. The Labute approximate surface area is 138 Å². The summed E-state index contributed by atoms with van der Waals surface area (Å²) in [4.78, 5) is 29.4. The zero-order chi connectivity index (χ0) is 17.9. The number of rotatable bonds is 2. The molecular weight excluding hydrogens is 308 g/mol. The minimum Gasteiger partial charge on any atom is -0.494 e. The fourth-order valence-corrected chi connectivity index (χ4v) is 2.17. The van der Waals surface area contributed by atoms with Gasteiger partial charge in [-0.3, -0.25) is 9.78 Å². The molecule has 0 aliphatic carbocycles. The number of urea groups is 1. The summed E-state index contributed by atoms with van der Waals surface area (Å²) in [5, 5.41) is 21.4. The topological polar surface area (TPSA) is 118 Å². The van der Waals surface area contributed by atoms with E-state index in [-0.39, 0.29) is 16.7 Å². The van der Waals surface area contributed by atoms with Gasteiger partial charge in [0.2, 0.25) is 5.88 Å². The van der Waals surface area contributed by atoms with Crippen molar-refractivity contribution in [3.8, 4) is 11.9 Å². The molecule has 0 bridgehead atoms. The molecule has 7 heteroatoms. The summed E-state index contributed by atoms with van der Waals surface area (Å²) in [5.41, 5.74) is 2.13. The van der Waals surface area contributed by atoms with Gasteiger partial charge < -0.3 is 10.4 Å². The zero-order valence-electron chi connectivity index (χ0n) is 13.5. The number of aromatic nitrogens is 1. The number of nitrogens with one attached hydrogen (secondary N) is 2. The van der Waals surface area contributed by atoms with Gasteiger partial charge in [0.15, 0.2) is 0 Å². The normalized spacial score (nSPS) is 10.6. The summed E-state index contributed by atoms with van der Waals surface area (Å²) < 4.78 is 0. The molecule has 1 aromatic heterocycles. The number of benzene rings is 1. The van der Waals surface area contributed by atoms with Crippen molar-refractivity contribution in [2.75, 3.05) is 5.32 Å². The second-order valence-electron chi connectivity index (χ2n) is 5.26. The van der Waals surface area contributed by atoms with E-state index in [0.29, 0.717) is 5.69 Å². The van der Waals surface area contributed by atoms with E-state index in [4.69, 9.17) is 5.26 Å². The molecule has 2 aromatic rings. The molecule has 2 amide bonds. The van der Waals surface area contributed by atoms with Crippen LogP contribution >= 0.6 is 0 Å². The van der Waals surface area contributed by atoms with Gasteiger partial charge in [-0.2, -0.15) is 5.26 Å². The lowest BCUT2D eigenvalue weighted by molar-refractivity contribution is 0.259. The quantitative estimate of drug-likeness (QED) is 0.735. The van der Waals surface area contributed by atoms with Crippen LogP contribution in [0.25, 0.3) is 0 Å². The van der Waals surface area contributed by atoms with Crippen LogP contribution in [0.15, 0.2) is 28.0 Å². The maximum Gasteiger partial charge on any atom is 0.345 e. The molecule has 24 heavy (non-hydrogen) atoms. The molecule has 0 unspecified atom stereocenters. The van der Waals surface area contributed by atoms with Crippen LogP contribution in [0.2, 0.25) is 0 Å². The van der Waals surface area contributed by atoms with Crippen molar-refractivity contribution in [1.82, 2.24) is 4.98 Å². The zero-order valence-corrected chi connectivity index (χ0v) is 13.5. The molecule has 0 aliphatic heterocycles. The second kappa shape index (κ2) is 6.79. The number of carbonyl (C=O) groups is 1. The highest BCUT2D eigenvalue weighted by Crippen LogP contribution is 2.19. The number of anilines is 1. The third-order valence-electron chi connectivity index (χ3n) is 3.76. The maximum absolute atomic E-state index is 12.0. The van der Waals surface area contributed by atoms with E-state index in [1.54, 1.807) is 12.1 Å². The Hall–Kier alpha value is -3.40. The van der Waals surface area contributed by atoms with Crippen molar-refractivity contribution < 1.29 is 9.90 Å². The lowest BCUT2D eigenvalue weighted by Gasteiger charge is -2.08. The van der Waals surface area contributed by atoms with Crippen LogP contribution in [0.4, 0.5) is 10.5 Å². The number of nitriles is 1. The van der Waals surface area contributed by atoms with Crippen molar-refractivity contribution in [1.29, 1.82) is 5.26 Å². The van der Waals surface area contributed by atoms with E-state index >= 15 is 0 Å². The predicted molar refractivity (Wildman–Crippen MR) is 90.7 cm³/mol. The Morgan fingerprint density at radius 2 is 2.04 bits per heavy atom. The number of aromatic hydroxyl groups is 1. The molecule has 0 aliphatic rings. The van der Waals surface area contributed by atoms with E-state index in [1.165, 1.54) is 6.92 Å². The predicted octanol–water partition coefficient (Wildman–Crippen LogP) is 2.53. The van der Waals surface area contributed by atoms with Crippen LogP contribution in [-0.2, 0) is 0 Å². The minimum atomic E-state index is -0.690. The maximum atomic E-state index is 12.0. The van der Waals surface area contributed by atoms with Gasteiger partial charge in [-0.25, -0.2) is 9.79 Å². The van der Waals surface area contributed by atoms with Gasteiger partial charge in [-0.15, -0.1) is 0 Å². The second-order valence-corrected chi connectivity index (χ2v) is 5.26. The number of pyridine rings is 1. The van der Waals surface area contributed by atoms with Crippen molar-refractivity contribution in [2.24, 2.45) is 4.99 Å². The standard InChI is InChI=1S/C17H16N4O3/c1-9-5-4-6-14(10(9)2)20-17(24)19-8-13-11(3)12(7-18)15(22)21-16(13)23/h4-6,8H,1-3H3,(H,20,24)(H2,21,22,23)/b19-8+. The van der Waals surface area contributed by atoms with Crippen molar-refractivity contribution >= 4 is 17.9 Å². The first kappa shape index (κ1) is 17.0. The monoisotopic (exact) mass is 324 g/mol. The van der Waals surface area contributed by atoms with Crippen LogP contribution in [0.5, 0.6) is 5.88 Å². The Kier molecular flexibility index (Phi) is 4.80. The van der Waals surface area contributed by atoms with Crippen LogP contribution in [0, 0.1) is 32.1 Å². The van der Waals surface area contributed by atoms with Crippen LogP contribution in [-0.4, -0.2) is 22.3 Å². The smallest absolute Gasteiger partial charge is 0.345 e.